The lowest BCUT2D eigenvalue weighted by molar-refractivity contribution is -0.113. The van der Waals surface area contributed by atoms with Crippen molar-refractivity contribution in [3.63, 3.8) is 0 Å². The molecule has 0 saturated heterocycles. The van der Waals surface area contributed by atoms with Crippen LogP contribution in [0.4, 0.5) is 5.69 Å². The van der Waals surface area contributed by atoms with Crippen molar-refractivity contribution >= 4 is 23.4 Å². The standard InChI is InChI=1S/C26H30N4O2S/c1-3-15-30-24(17-32-22-14-13-20-10-5-6-11-21(20)16-22)28-29-26(30)33-18-25(31)27-23-12-8-7-9-19(23)4-2/h3,7-9,12-14,16H,1,4-6,10-11,15,17-18H2,2H3,(H,27,31). The van der Waals surface area contributed by atoms with Gasteiger partial charge < -0.3 is 10.1 Å². The molecule has 1 heterocycles. The molecule has 0 bridgehead atoms. The van der Waals surface area contributed by atoms with Crippen LogP contribution in [0.15, 0.2) is 60.3 Å². The number of aryl methyl sites for hydroxylation is 3. The van der Waals surface area contributed by atoms with Crippen molar-refractivity contribution in [3.8, 4) is 5.75 Å². The van der Waals surface area contributed by atoms with Gasteiger partial charge in [0.2, 0.25) is 5.91 Å². The summed E-state index contributed by atoms with van der Waals surface area (Å²) in [6.07, 6.45) is 7.44. The minimum Gasteiger partial charge on any atom is -0.486 e. The molecule has 0 aliphatic heterocycles. The molecule has 2 aromatic carbocycles. The van der Waals surface area contributed by atoms with E-state index in [1.165, 1.54) is 35.7 Å². The third kappa shape index (κ3) is 5.85. The van der Waals surface area contributed by atoms with E-state index in [1.807, 2.05) is 34.9 Å². The van der Waals surface area contributed by atoms with Crippen molar-refractivity contribution < 1.29 is 9.53 Å². The summed E-state index contributed by atoms with van der Waals surface area (Å²) in [4.78, 5) is 12.5. The van der Waals surface area contributed by atoms with Crippen LogP contribution in [0.2, 0.25) is 0 Å². The second kappa shape index (κ2) is 11.2. The Bertz CT molecular complexity index is 1130. The van der Waals surface area contributed by atoms with Gasteiger partial charge in [-0.1, -0.05) is 49.0 Å². The zero-order valence-corrected chi connectivity index (χ0v) is 19.9. The van der Waals surface area contributed by atoms with Gasteiger partial charge in [0.25, 0.3) is 0 Å². The molecular formula is C26H30N4O2S. The number of thioether (sulfide) groups is 1. The zero-order valence-electron chi connectivity index (χ0n) is 19.0. The molecule has 1 amide bonds. The van der Waals surface area contributed by atoms with Crippen LogP contribution in [-0.4, -0.2) is 26.4 Å². The molecule has 1 aliphatic carbocycles. The quantitative estimate of drug-likeness (QED) is 0.331. The van der Waals surface area contributed by atoms with Crippen molar-refractivity contribution in [2.75, 3.05) is 11.1 Å². The molecule has 0 atom stereocenters. The lowest BCUT2D eigenvalue weighted by Gasteiger charge is -2.16. The maximum absolute atomic E-state index is 12.5. The monoisotopic (exact) mass is 462 g/mol. The number of hydrogen-bond donors (Lipinski definition) is 1. The molecule has 1 N–H and O–H groups in total. The van der Waals surface area contributed by atoms with Gasteiger partial charge in [0.15, 0.2) is 11.0 Å². The summed E-state index contributed by atoms with van der Waals surface area (Å²) in [5, 5.41) is 12.3. The van der Waals surface area contributed by atoms with Gasteiger partial charge in [-0.2, -0.15) is 0 Å². The van der Waals surface area contributed by atoms with E-state index in [-0.39, 0.29) is 11.7 Å². The number of ether oxygens (including phenoxy) is 1. The molecule has 0 unspecified atom stereocenters. The van der Waals surface area contributed by atoms with Crippen molar-refractivity contribution in [3.05, 3.63) is 77.6 Å². The fraction of sp³-hybridized carbons (Fsp3) is 0.346. The highest BCUT2D eigenvalue weighted by molar-refractivity contribution is 7.99. The van der Waals surface area contributed by atoms with Gasteiger partial charge in [0.1, 0.15) is 12.4 Å². The Balaban J connectivity index is 1.38. The highest BCUT2D eigenvalue weighted by Gasteiger charge is 2.16. The van der Waals surface area contributed by atoms with Crippen molar-refractivity contribution in [1.29, 1.82) is 0 Å². The van der Waals surface area contributed by atoms with Crippen LogP contribution in [0.1, 0.15) is 42.3 Å². The maximum atomic E-state index is 12.5. The first-order valence-corrected chi connectivity index (χ1v) is 12.4. The third-order valence-electron chi connectivity index (χ3n) is 5.80. The molecule has 6 nitrogen and oxygen atoms in total. The van der Waals surface area contributed by atoms with E-state index >= 15 is 0 Å². The molecule has 0 saturated carbocycles. The average molecular weight is 463 g/mol. The Hall–Kier alpha value is -3.06. The van der Waals surface area contributed by atoms with Gasteiger partial charge in [-0.25, -0.2) is 0 Å². The van der Waals surface area contributed by atoms with Crippen LogP contribution in [0.25, 0.3) is 0 Å². The number of nitrogens with one attached hydrogen (secondary N) is 1. The van der Waals surface area contributed by atoms with E-state index in [0.29, 0.717) is 24.1 Å². The van der Waals surface area contributed by atoms with Crippen LogP contribution >= 0.6 is 11.8 Å². The van der Waals surface area contributed by atoms with E-state index in [2.05, 4.69) is 41.1 Å². The number of carbonyl (C=O) groups excluding carboxylic acids is 1. The number of carbonyl (C=O) groups is 1. The Kier molecular flexibility index (Phi) is 7.83. The van der Waals surface area contributed by atoms with E-state index in [0.717, 1.165) is 36.3 Å². The Labute approximate surface area is 199 Å². The highest BCUT2D eigenvalue weighted by atomic mass is 32.2. The molecule has 33 heavy (non-hydrogen) atoms. The molecule has 7 heteroatoms. The summed E-state index contributed by atoms with van der Waals surface area (Å²) in [7, 11) is 0. The smallest absolute Gasteiger partial charge is 0.234 e. The summed E-state index contributed by atoms with van der Waals surface area (Å²) in [5.74, 6) is 1.75. The van der Waals surface area contributed by atoms with Gasteiger partial charge in [0, 0.05) is 12.2 Å². The first-order valence-electron chi connectivity index (χ1n) is 11.5. The largest absolute Gasteiger partial charge is 0.486 e. The number of para-hydroxylation sites is 1. The Morgan fingerprint density at radius 2 is 2.00 bits per heavy atom. The van der Waals surface area contributed by atoms with Crippen LogP contribution in [-0.2, 0) is 37.2 Å². The minimum atomic E-state index is -0.0686. The number of hydrogen-bond acceptors (Lipinski definition) is 5. The van der Waals surface area contributed by atoms with Crippen LogP contribution in [0.3, 0.4) is 0 Å². The van der Waals surface area contributed by atoms with Gasteiger partial charge in [-0.05, 0) is 67.0 Å². The molecule has 3 aromatic rings. The molecule has 172 valence electrons. The molecule has 0 radical (unpaired) electrons. The number of anilines is 1. The molecule has 4 rings (SSSR count). The third-order valence-corrected chi connectivity index (χ3v) is 6.76. The van der Waals surface area contributed by atoms with E-state index < -0.39 is 0 Å². The number of aromatic nitrogens is 3. The predicted octanol–water partition coefficient (Wildman–Crippen LogP) is 5.22. The number of allylic oxidation sites excluding steroid dienone is 1. The van der Waals surface area contributed by atoms with Crippen molar-refractivity contribution in [1.82, 2.24) is 14.8 Å². The lowest BCUT2D eigenvalue weighted by atomic mass is 9.92. The predicted molar refractivity (Wildman–Crippen MR) is 133 cm³/mol. The Morgan fingerprint density at radius 1 is 1.18 bits per heavy atom. The summed E-state index contributed by atoms with van der Waals surface area (Å²) in [5.41, 5.74) is 4.80. The lowest BCUT2D eigenvalue weighted by Crippen LogP contribution is -2.16. The van der Waals surface area contributed by atoms with Gasteiger partial charge in [-0.3, -0.25) is 9.36 Å². The molecule has 1 aromatic heterocycles. The summed E-state index contributed by atoms with van der Waals surface area (Å²) in [6, 6.07) is 14.2. The molecular weight excluding hydrogens is 432 g/mol. The topological polar surface area (TPSA) is 69.0 Å². The minimum absolute atomic E-state index is 0.0686. The first-order chi connectivity index (χ1) is 16.2. The SMILES string of the molecule is C=CCn1c(COc2ccc3c(c2)CCCC3)nnc1SCC(=O)Nc1ccccc1CC. The van der Waals surface area contributed by atoms with E-state index in [4.69, 9.17) is 4.74 Å². The summed E-state index contributed by atoms with van der Waals surface area (Å²) in [6.45, 7) is 6.79. The average Bonchev–Trinajstić information content (AvgIpc) is 3.23. The summed E-state index contributed by atoms with van der Waals surface area (Å²) >= 11 is 1.36. The zero-order chi connectivity index (χ0) is 23.0. The van der Waals surface area contributed by atoms with E-state index in [1.54, 1.807) is 6.08 Å². The van der Waals surface area contributed by atoms with Crippen molar-refractivity contribution in [2.45, 2.75) is 57.3 Å². The number of amides is 1. The van der Waals surface area contributed by atoms with Gasteiger partial charge in [-0.15, -0.1) is 16.8 Å². The highest BCUT2D eigenvalue weighted by Crippen LogP contribution is 2.26. The second-order valence-corrected chi connectivity index (χ2v) is 9.01. The van der Waals surface area contributed by atoms with E-state index in [9.17, 15) is 4.79 Å². The van der Waals surface area contributed by atoms with Crippen LogP contribution in [0, 0.1) is 0 Å². The molecule has 0 fully saturated rings. The number of fused-ring (bicyclic) bond motifs is 1. The van der Waals surface area contributed by atoms with Gasteiger partial charge in [0.05, 0.1) is 5.75 Å². The fourth-order valence-electron chi connectivity index (χ4n) is 4.06. The Morgan fingerprint density at radius 3 is 2.82 bits per heavy atom. The van der Waals surface area contributed by atoms with Gasteiger partial charge >= 0.3 is 0 Å². The van der Waals surface area contributed by atoms with Crippen LogP contribution < -0.4 is 10.1 Å². The normalized spacial score (nSPS) is 12.8. The fourth-order valence-corrected chi connectivity index (χ4v) is 4.83. The van der Waals surface area contributed by atoms with Crippen LogP contribution in [0.5, 0.6) is 5.75 Å². The first kappa shape index (κ1) is 23.1. The number of benzene rings is 2. The number of rotatable bonds is 10. The molecule has 0 spiro atoms. The number of nitrogens with zero attached hydrogens (tertiary/aromatic N) is 3. The molecule has 1 aliphatic rings. The maximum Gasteiger partial charge on any atom is 0.234 e. The second-order valence-electron chi connectivity index (χ2n) is 8.07. The summed E-state index contributed by atoms with van der Waals surface area (Å²) < 4.78 is 7.99. The van der Waals surface area contributed by atoms with Crippen molar-refractivity contribution in [2.24, 2.45) is 0 Å².